The van der Waals surface area contributed by atoms with E-state index in [1.165, 1.54) is 20.3 Å². The molecule has 0 fully saturated rings. The molecular formula is C64H72Cl8N8O10. The molecule has 0 atom stereocenters. The Hall–Kier alpha value is -6.45. The van der Waals surface area contributed by atoms with Crippen molar-refractivity contribution in [1.29, 1.82) is 0 Å². The van der Waals surface area contributed by atoms with Gasteiger partial charge in [0.05, 0.1) is 37.7 Å². The number of nitrogens with zero attached hydrogens (tertiary/aromatic N) is 8. The topological polar surface area (TPSA) is 198 Å². The van der Waals surface area contributed by atoms with E-state index in [2.05, 4.69) is 32.1 Å². The fraction of sp³-hybridized carbons (Fsp3) is 0.359. The molecule has 484 valence electrons. The summed E-state index contributed by atoms with van der Waals surface area (Å²) in [7, 11) is 2.71. The van der Waals surface area contributed by atoms with Crippen LogP contribution in [-0.2, 0) is 83.8 Å². The first-order valence-corrected chi connectivity index (χ1v) is 32.0. The number of aromatic nitrogens is 8. The van der Waals surface area contributed by atoms with Crippen molar-refractivity contribution >= 4 is 117 Å². The molecule has 90 heavy (non-hydrogen) atoms. The van der Waals surface area contributed by atoms with E-state index >= 15 is 0 Å². The number of carbonyl (C=O) groups excluding carboxylic acids is 3. The van der Waals surface area contributed by atoms with Gasteiger partial charge in [-0.05, 0) is 145 Å². The molecule has 0 aliphatic carbocycles. The number of aliphatic hydroxyl groups excluding tert-OH is 1. The monoisotopic (exact) mass is 1390 g/mol. The lowest BCUT2D eigenvalue weighted by Crippen LogP contribution is -2.04. The number of hydrogen-bond acceptors (Lipinski definition) is 14. The van der Waals surface area contributed by atoms with Gasteiger partial charge >= 0.3 is 11.9 Å². The zero-order valence-electron chi connectivity index (χ0n) is 51.6. The van der Waals surface area contributed by atoms with Crippen molar-refractivity contribution in [2.24, 2.45) is 0 Å². The molecule has 0 aliphatic heterocycles. The second kappa shape index (κ2) is 37.2. The zero-order valence-corrected chi connectivity index (χ0v) is 57.6. The van der Waals surface area contributed by atoms with Crippen LogP contribution >= 0.6 is 92.8 Å². The Morgan fingerprint density at radius 3 is 1.06 bits per heavy atom. The molecule has 0 saturated carbocycles. The first-order chi connectivity index (χ1) is 43.1. The Bertz CT molecular complexity index is 3650. The van der Waals surface area contributed by atoms with Gasteiger partial charge in [0.15, 0.2) is 6.29 Å². The van der Waals surface area contributed by atoms with Crippen LogP contribution in [0.4, 0.5) is 0 Å². The number of ether oxygens (including phenoxy) is 6. The van der Waals surface area contributed by atoms with Gasteiger partial charge in [0, 0.05) is 108 Å². The van der Waals surface area contributed by atoms with Crippen LogP contribution < -0.4 is 18.9 Å². The molecule has 4 heterocycles. The van der Waals surface area contributed by atoms with Crippen LogP contribution in [0.1, 0.15) is 118 Å². The maximum Gasteiger partial charge on any atom is 0.330 e. The van der Waals surface area contributed by atoms with Gasteiger partial charge in [0.2, 0.25) is 23.5 Å². The molecule has 8 aromatic rings. The number of hydrogen-bond donors (Lipinski definition) is 1. The summed E-state index contributed by atoms with van der Waals surface area (Å²) in [4.78, 5) is 33.8. The maximum absolute atomic E-state index is 11.4. The van der Waals surface area contributed by atoms with Crippen molar-refractivity contribution < 1.29 is 47.9 Å². The third-order valence-electron chi connectivity index (χ3n) is 13.1. The van der Waals surface area contributed by atoms with Gasteiger partial charge in [-0.15, -0.1) is 0 Å². The van der Waals surface area contributed by atoms with Crippen molar-refractivity contribution in [3.63, 3.8) is 0 Å². The molecule has 0 aliphatic rings. The average molecular weight is 1400 g/mol. The number of benzene rings is 4. The first-order valence-electron chi connectivity index (χ1n) is 28.9. The van der Waals surface area contributed by atoms with E-state index in [0.717, 1.165) is 65.1 Å². The molecule has 0 amide bonds. The Balaban J connectivity index is 0.000000219. The van der Waals surface area contributed by atoms with Crippen molar-refractivity contribution in [2.45, 2.75) is 133 Å². The van der Waals surface area contributed by atoms with Crippen molar-refractivity contribution in [2.75, 3.05) is 20.8 Å². The Labute approximate surface area is 564 Å². The van der Waals surface area contributed by atoms with Crippen molar-refractivity contribution in [3.8, 4) is 46.5 Å². The lowest BCUT2D eigenvalue weighted by Gasteiger charge is -2.10. The van der Waals surface area contributed by atoms with Crippen molar-refractivity contribution in [1.82, 2.24) is 39.1 Å². The minimum atomic E-state index is -0.438. The molecule has 0 saturated heterocycles. The minimum Gasteiger partial charge on any atom is -0.469 e. The van der Waals surface area contributed by atoms with Crippen LogP contribution in [0.25, 0.3) is 6.08 Å². The molecule has 0 radical (unpaired) electrons. The largest absolute Gasteiger partial charge is 0.469 e. The number of aryl methyl sites for hydroxylation is 6. The van der Waals surface area contributed by atoms with E-state index in [1.54, 1.807) is 92.9 Å². The molecule has 4 aromatic heterocycles. The van der Waals surface area contributed by atoms with E-state index < -0.39 is 5.97 Å². The second-order valence-corrected chi connectivity index (χ2v) is 22.7. The average Bonchev–Trinajstić information content (AvgIpc) is 1.75. The molecule has 4 aromatic carbocycles. The van der Waals surface area contributed by atoms with Crippen molar-refractivity contribution in [3.05, 3.63) is 164 Å². The third kappa shape index (κ3) is 21.3. The number of aldehydes is 1. The summed E-state index contributed by atoms with van der Waals surface area (Å²) in [5.74, 6) is 4.02. The third-order valence-corrected chi connectivity index (χ3v) is 14.8. The van der Waals surface area contributed by atoms with Crippen LogP contribution in [0, 0.1) is 0 Å². The van der Waals surface area contributed by atoms with E-state index in [4.69, 9.17) is 122 Å². The first kappa shape index (κ1) is 74.3. The van der Waals surface area contributed by atoms with Gasteiger partial charge in [-0.2, -0.15) is 20.4 Å². The number of halogens is 8. The second-order valence-electron chi connectivity index (χ2n) is 19.2. The Kier molecular flexibility index (Phi) is 30.7. The van der Waals surface area contributed by atoms with Gasteiger partial charge < -0.3 is 33.5 Å². The van der Waals surface area contributed by atoms with Gasteiger partial charge in [0.25, 0.3) is 0 Å². The molecule has 0 unspecified atom stereocenters. The SMILES string of the molecule is CCc1c(/C=C/C(=O)OC)nn(CC)c1Oc1cc(Cl)cc(Cl)c1.CCc1c(C=O)nn(CC)c1Oc1cc(Cl)cc(Cl)c1.CCc1c(CCC(=O)OC)nn(CC)c1Oc1cc(Cl)cc(Cl)c1.CCc1c(CCCO)nn(CC)c1Oc1cc(Cl)cc(Cl)c1. The number of aliphatic hydroxyl groups is 1. The minimum absolute atomic E-state index is 0.155. The smallest absolute Gasteiger partial charge is 0.330 e. The fourth-order valence-corrected chi connectivity index (χ4v) is 11.0. The van der Waals surface area contributed by atoms with Crippen LogP contribution in [0.3, 0.4) is 0 Å². The fourth-order valence-electron chi connectivity index (χ4n) is 8.96. The van der Waals surface area contributed by atoms with E-state index in [1.807, 2.05) is 53.1 Å². The summed E-state index contributed by atoms with van der Waals surface area (Å²) >= 11 is 48.1. The van der Waals surface area contributed by atoms with Crippen LogP contribution in [-0.4, -0.2) is 83.3 Å². The molecule has 0 bridgehead atoms. The van der Waals surface area contributed by atoms with Gasteiger partial charge in [-0.25, -0.2) is 23.5 Å². The quantitative estimate of drug-likeness (QED) is 0.0322. The highest BCUT2D eigenvalue weighted by atomic mass is 35.5. The van der Waals surface area contributed by atoms with Gasteiger partial charge in [-0.1, -0.05) is 121 Å². The number of methoxy groups -OCH3 is 2. The summed E-state index contributed by atoms with van der Waals surface area (Å²) in [6.07, 6.45) is 8.79. The summed E-state index contributed by atoms with van der Waals surface area (Å²) in [5.41, 5.74) is 6.56. The number of carbonyl (C=O) groups is 3. The van der Waals surface area contributed by atoms with Gasteiger partial charge in [0.1, 0.15) is 28.7 Å². The van der Waals surface area contributed by atoms with E-state index in [0.29, 0.717) is 144 Å². The van der Waals surface area contributed by atoms with E-state index in [-0.39, 0.29) is 19.0 Å². The molecule has 18 nitrogen and oxygen atoms in total. The molecule has 1 N–H and O–H groups in total. The lowest BCUT2D eigenvalue weighted by molar-refractivity contribution is -0.140. The molecule has 26 heteroatoms. The highest BCUT2D eigenvalue weighted by molar-refractivity contribution is 6.36. The van der Waals surface area contributed by atoms with E-state index in [9.17, 15) is 14.4 Å². The summed E-state index contributed by atoms with van der Waals surface area (Å²) < 4.78 is 40.1. The highest BCUT2D eigenvalue weighted by Crippen LogP contribution is 2.37. The lowest BCUT2D eigenvalue weighted by atomic mass is 10.1. The number of rotatable bonds is 25. The zero-order chi connectivity index (χ0) is 66.2. The van der Waals surface area contributed by atoms with Crippen LogP contribution in [0.15, 0.2) is 78.9 Å². The van der Waals surface area contributed by atoms with Crippen LogP contribution in [0.5, 0.6) is 46.5 Å². The molecular weight excluding hydrogens is 1320 g/mol. The summed E-state index contributed by atoms with van der Waals surface area (Å²) in [5, 5.41) is 30.9. The predicted octanol–water partition coefficient (Wildman–Crippen LogP) is 18.3. The van der Waals surface area contributed by atoms with Gasteiger partial charge in [-0.3, -0.25) is 9.59 Å². The Morgan fingerprint density at radius 1 is 0.444 bits per heavy atom. The summed E-state index contributed by atoms with van der Waals surface area (Å²) in [6.45, 7) is 18.6. The molecule has 8 rings (SSSR count). The Morgan fingerprint density at radius 2 is 0.756 bits per heavy atom. The standard InChI is InChI=1S/C17H20Cl2N2O3.C17H18Cl2N2O3.C16H20Cl2N2O2.C14H14Cl2N2O2/c2*1-4-14-15(6-7-16(22)23-3)20-21(5-2)17(14)24-13-9-11(18)8-12(19)10-13;1-3-14-15(6-5-7-21)19-20(4-2)16(14)22-13-9-11(17)8-12(18)10-13;1-3-12-13(8-19)17-18(4-2)14(12)20-11-6-9(15)5-10(16)7-11/h8-10H,4-7H2,1-3H3;6-10H,4-5H2,1-3H3;8-10,21H,3-7H2,1-2H3;5-8H,3-4H2,1-2H3/b;7-6+;;. The number of esters is 2. The predicted molar refractivity (Wildman–Crippen MR) is 357 cm³/mol. The molecule has 0 spiro atoms. The highest BCUT2D eigenvalue weighted by Gasteiger charge is 2.23. The normalized spacial score (nSPS) is 10.8. The van der Waals surface area contributed by atoms with Crippen LogP contribution in [0.2, 0.25) is 40.2 Å². The summed E-state index contributed by atoms with van der Waals surface area (Å²) in [6, 6.07) is 20.1. The maximum atomic E-state index is 11.4.